The van der Waals surface area contributed by atoms with Gasteiger partial charge in [-0.3, -0.25) is 4.57 Å². The van der Waals surface area contributed by atoms with Crippen molar-refractivity contribution in [3.8, 4) is 56.7 Å². The van der Waals surface area contributed by atoms with Crippen LogP contribution in [0.25, 0.3) is 100 Å². The maximum atomic E-state index is 5.27. The Kier molecular flexibility index (Phi) is 8.51. The summed E-state index contributed by atoms with van der Waals surface area (Å²) >= 11 is 0. The van der Waals surface area contributed by atoms with E-state index in [-0.39, 0.29) is 16.2 Å². The molecule has 314 valence electrons. The molecule has 3 aromatic heterocycles. The van der Waals surface area contributed by atoms with Gasteiger partial charge in [-0.05, 0) is 73.9 Å². The van der Waals surface area contributed by atoms with Gasteiger partial charge in [0, 0.05) is 38.4 Å². The number of rotatable bonds is 6. The van der Waals surface area contributed by atoms with Crippen LogP contribution in [0.15, 0.2) is 188 Å². The van der Waals surface area contributed by atoms with Crippen molar-refractivity contribution in [2.24, 2.45) is 5.41 Å². The summed E-state index contributed by atoms with van der Waals surface area (Å²) in [5.41, 5.74) is 15.4. The topological polar surface area (TPSA) is 48.5 Å². The van der Waals surface area contributed by atoms with Gasteiger partial charge >= 0.3 is 0 Å². The Bertz CT molecular complexity index is 3590. The van der Waals surface area contributed by atoms with Crippen LogP contribution in [0.4, 0.5) is 0 Å². The van der Waals surface area contributed by atoms with E-state index in [1.54, 1.807) is 0 Å². The zero-order valence-electron chi connectivity index (χ0n) is 37.6. The molecule has 0 radical (unpaired) electrons. The molecule has 0 amide bonds. The molecule has 3 heterocycles. The third-order valence-electron chi connectivity index (χ3n) is 15.5. The highest BCUT2D eigenvalue weighted by molar-refractivity contribution is 6.23. The Labute approximate surface area is 379 Å². The lowest BCUT2D eigenvalue weighted by molar-refractivity contribution is 0.125. The summed E-state index contributed by atoms with van der Waals surface area (Å²) < 4.78 is 4.68. The molecular weight excluding hydrogens is 791 g/mol. The maximum absolute atomic E-state index is 5.27. The van der Waals surface area contributed by atoms with Crippen LogP contribution >= 0.6 is 0 Å². The largest absolute Gasteiger partial charge is 0.307 e. The van der Waals surface area contributed by atoms with Crippen molar-refractivity contribution in [3.05, 3.63) is 199 Å². The number of hydrogen-bond acceptors (Lipinski definition) is 3. The highest BCUT2D eigenvalue weighted by Crippen LogP contribution is 2.63. The lowest BCUT2D eigenvalue weighted by atomic mass is 9.59. The molecule has 11 aromatic rings. The van der Waals surface area contributed by atoms with Crippen molar-refractivity contribution >= 4 is 43.6 Å². The Morgan fingerprint density at radius 2 is 0.831 bits per heavy atom. The number of benzene rings is 8. The molecule has 1 aliphatic carbocycles. The van der Waals surface area contributed by atoms with Crippen molar-refractivity contribution in [1.82, 2.24) is 24.1 Å². The fraction of sp³-hybridized carbons (Fsp3) is 0.150. The summed E-state index contributed by atoms with van der Waals surface area (Å²) in [7, 11) is 0. The Morgan fingerprint density at radius 1 is 0.354 bits per heavy atom. The van der Waals surface area contributed by atoms with Gasteiger partial charge in [-0.15, -0.1) is 0 Å². The van der Waals surface area contributed by atoms with Crippen LogP contribution in [0.3, 0.4) is 0 Å². The van der Waals surface area contributed by atoms with Crippen LogP contribution in [0, 0.1) is 5.41 Å². The highest BCUT2D eigenvalue weighted by atomic mass is 15.2. The van der Waals surface area contributed by atoms with Crippen molar-refractivity contribution in [3.63, 3.8) is 0 Å². The minimum Gasteiger partial charge on any atom is -0.307 e. The fourth-order valence-electron chi connectivity index (χ4n) is 10.9. The number of fused-ring (bicyclic) bond motifs is 8. The molecule has 0 saturated carbocycles. The van der Waals surface area contributed by atoms with E-state index in [2.05, 4.69) is 202 Å². The maximum Gasteiger partial charge on any atom is 0.238 e. The van der Waals surface area contributed by atoms with E-state index in [1.165, 1.54) is 44.2 Å². The quantitative estimate of drug-likeness (QED) is 0.168. The molecule has 8 aromatic carbocycles. The number of hydrogen-bond donors (Lipinski definition) is 0. The molecule has 5 heteroatoms. The van der Waals surface area contributed by atoms with Gasteiger partial charge in [0.2, 0.25) is 5.95 Å². The molecule has 0 spiro atoms. The second-order valence-corrected chi connectivity index (χ2v) is 19.3. The standard InChI is InChI=1S/C60H49N5/c1-58(2)49-25-17-24-44(52(49)59(3,4)60(58,5)6)40-30-28-38(29-31-40)39-32-34-43(35-33-39)64-50-26-15-13-22-45(50)47-36-37-48-46-23-14-16-27-51(46)65(54(48)53(47)64)57-62-55(41-18-9-7-10-19-41)61-56(63-57)42-20-11-8-12-21-42/h7-37H,1-6H3. The minimum absolute atomic E-state index is 0.0191. The van der Waals surface area contributed by atoms with Gasteiger partial charge in [0.05, 0.1) is 22.1 Å². The monoisotopic (exact) mass is 839 g/mol. The number of nitrogens with zero attached hydrogens (tertiary/aromatic N) is 5. The molecule has 0 aliphatic heterocycles. The zero-order valence-corrected chi connectivity index (χ0v) is 37.6. The van der Waals surface area contributed by atoms with Crippen molar-refractivity contribution in [1.29, 1.82) is 0 Å². The summed E-state index contributed by atoms with van der Waals surface area (Å²) in [6.07, 6.45) is 0. The average molecular weight is 840 g/mol. The van der Waals surface area contributed by atoms with E-state index < -0.39 is 0 Å². The molecule has 5 nitrogen and oxygen atoms in total. The third-order valence-corrected chi connectivity index (χ3v) is 15.5. The van der Waals surface area contributed by atoms with Gasteiger partial charge < -0.3 is 4.57 Å². The third kappa shape index (κ3) is 5.67. The number of aromatic nitrogens is 5. The van der Waals surface area contributed by atoms with E-state index in [1.807, 2.05) is 36.4 Å². The summed E-state index contributed by atoms with van der Waals surface area (Å²) in [6.45, 7) is 14.6. The van der Waals surface area contributed by atoms with Gasteiger partial charge in [-0.2, -0.15) is 9.97 Å². The molecule has 0 N–H and O–H groups in total. The summed E-state index contributed by atoms with van der Waals surface area (Å²) in [5.74, 6) is 1.82. The van der Waals surface area contributed by atoms with E-state index in [9.17, 15) is 0 Å². The van der Waals surface area contributed by atoms with E-state index in [0.717, 1.165) is 49.7 Å². The summed E-state index contributed by atoms with van der Waals surface area (Å²) in [6, 6.07) is 67.4. The van der Waals surface area contributed by atoms with Crippen LogP contribution in [0.5, 0.6) is 0 Å². The minimum atomic E-state index is 0.0191. The first-order valence-electron chi connectivity index (χ1n) is 22.7. The molecule has 1 aliphatic rings. The Morgan fingerprint density at radius 3 is 1.40 bits per heavy atom. The molecule has 0 bridgehead atoms. The second-order valence-electron chi connectivity index (χ2n) is 19.3. The Hall–Kier alpha value is -7.63. The van der Waals surface area contributed by atoms with Gasteiger partial charge in [0.1, 0.15) is 0 Å². The fourth-order valence-corrected chi connectivity index (χ4v) is 10.9. The smallest absolute Gasteiger partial charge is 0.238 e. The second kappa shape index (κ2) is 14.2. The van der Waals surface area contributed by atoms with Gasteiger partial charge in [0.15, 0.2) is 11.6 Å². The van der Waals surface area contributed by atoms with E-state index in [4.69, 9.17) is 15.0 Å². The first kappa shape index (κ1) is 39.0. The first-order valence-corrected chi connectivity index (χ1v) is 22.7. The van der Waals surface area contributed by atoms with Gasteiger partial charge in [0.25, 0.3) is 0 Å². The van der Waals surface area contributed by atoms with Crippen LogP contribution < -0.4 is 0 Å². The number of para-hydroxylation sites is 2. The summed E-state index contributed by atoms with van der Waals surface area (Å²) in [4.78, 5) is 15.6. The highest BCUT2D eigenvalue weighted by Gasteiger charge is 2.57. The zero-order chi connectivity index (χ0) is 44.2. The van der Waals surface area contributed by atoms with Gasteiger partial charge in [-0.25, -0.2) is 4.98 Å². The molecule has 0 unspecified atom stereocenters. The summed E-state index contributed by atoms with van der Waals surface area (Å²) in [5, 5.41) is 4.63. The van der Waals surface area contributed by atoms with Gasteiger partial charge in [-0.1, -0.05) is 205 Å². The van der Waals surface area contributed by atoms with Crippen molar-refractivity contribution < 1.29 is 0 Å². The average Bonchev–Trinajstić information content (AvgIpc) is 3.90. The lowest BCUT2D eigenvalue weighted by Crippen LogP contribution is -2.42. The predicted octanol–water partition coefficient (Wildman–Crippen LogP) is 15.3. The van der Waals surface area contributed by atoms with Crippen LogP contribution in [-0.4, -0.2) is 24.1 Å². The van der Waals surface area contributed by atoms with Crippen LogP contribution in [0.2, 0.25) is 0 Å². The van der Waals surface area contributed by atoms with Crippen molar-refractivity contribution in [2.75, 3.05) is 0 Å². The molecule has 12 rings (SSSR count). The molecular formula is C60H49N5. The molecule has 0 fully saturated rings. The molecule has 0 saturated heterocycles. The lowest BCUT2D eigenvalue weighted by Gasteiger charge is -2.44. The van der Waals surface area contributed by atoms with Crippen molar-refractivity contribution in [2.45, 2.75) is 52.4 Å². The molecule has 65 heavy (non-hydrogen) atoms. The predicted molar refractivity (Wildman–Crippen MR) is 270 cm³/mol. The molecule has 0 atom stereocenters. The first-order chi connectivity index (χ1) is 31.5. The van der Waals surface area contributed by atoms with Crippen LogP contribution in [0.1, 0.15) is 52.7 Å². The SMILES string of the molecule is CC1(C)c2cccc(-c3ccc(-c4ccc(-n5c6ccccc6c6ccc7c8ccccc8n(-c8nc(-c9ccccc9)nc(-c9ccccc9)n8)c7c65)cc4)cc3)c2C(C)(C)C1(C)C. The normalized spacial score (nSPS) is 15.0. The van der Waals surface area contributed by atoms with Crippen LogP contribution in [-0.2, 0) is 10.8 Å². The van der Waals surface area contributed by atoms with E-state index in [0.29, 0.717) is 17.6 Å². The van der Waals surface area contributed by atoms with E-state index >= 15 is 0 Å². The Balaban J connectivity index is 1.03.